The quantitative estimate of drug-likeness (QED) is 0.696. The molecule has 4 rings (SSSR count). The summed E-state index contributed by atoms with van der Waals surface area (Å²) in [6, 6.07) is 12.8. The molecule has 2 aromatic heterocycles. The van der Waals surface area contributed by atoms with E-state index in [2.05, 4.69) is 20.6 Å². The summed E-state index contributed by atoms with van der Waals surface area (Å²) in [5.74, 6) is 1.11. The number of nitrogens with zero attached hydrogens (tertiary/aromatic N) is 5. The van der Waals surface area contributed by atoms with Crippen molar-refractivity contribution in [3.05, 3.63) is 65.4 Å². The number of nitrogens with one attached hydrogen (secondary N) is 1. The molecule has 0 bridgehead atoms. The van der Waals surface area contributed by atoms with Crippen LogP contribution in [-0.4, -0.2) is 50.1 Å². The van der Waals surface area contributed by atoms with E-state index in [-0.39, 0.29) is 12.1 Å². The number of urea groups is 1. The molecule has 8 nitrogen and oxygen atoms in total. The van der Waals surface area contributed by atoms with Gasteiger partial charge in [-0.1, -0.05) is 23.7 Å². The molecule has 0 spiro atoms. The van der Waals surface area contributed by atoms with E-state index in [1.165, 1.54) is 0 Å². The summed E-state index contributed by atoms with van der Waals surface area (Å²) >= 11 is 5.88. The highest BCUT2D eigenvalue weighted by molar-refractivity contribution is 6.30. The Bertz CT molecular complexity index is 923. The fourth-order valence-electron chi connectivity index (χ4n) is 3.14. The normalized spacial score (nSPS) is 14.6. The Morgan fingerprint density at radius 2 is 1.93 bits per heavy atom. The Morgan fingerprint density at radius 1 is 1.14 bits per heavy atom. The van der Waals surface area contributed by atoms with Crippen LogP contribution < -0.4 is 10.1 Å². The molecule has 0 aliphatic carbocycles. The number of hydrogen-bond acceptors (Lipinski definition) is 5. The third kappa shape index (κ3) is 5.03. The lowest BCUT2D eigenvalue weighted by atomic mass is 10.1. The van der Waals surface area contributed by atoms with Gasteiger partial charge in [0.1, 0.15) is 6.10 Å². The van der Waals surface area contributed by atoms with E-state index in [1.54, 1.807) is 23.1 Å². The molecule has 1 aliphatic heterocycles. The van der Waals surface area contributed by atoms with Crippen LogP contribution in [-0.2, 0) is 6.54 Å². The summed E-state index contributed by atoms with van der Waals surface area (Å²) in [7, 11) is 0. The smallest absolute Gasteiger partial charge is 0.317 e. The summed E-state index contributed by atoms with van der Waals surface area (Å²) in [6.45, 7) is 1.75. The first-order valence-corrected chi connectivity index (χ1v) is 9.83. The molecular weight excluding hydrogens is 392 g/mol. The van der Waals surface area contributed by atoms with Crippen LogP contribution >= 0.6 is 11.6 Å². The molecule has 3 aromatic rings. The van der Waals surface area contributed by atoms with E-state index in [9.17, 15) is 4.79 Å². The number of ether oxygens (including phenoxy) is 1. The molecule has 0 unspecified atom stereocenters. The molecular formula is C20H21ClN6O2. The molecule has 150 valence electrons. The maximum Gasteiger partial charge on any atom is 0.317 e. The second-order valence-electron chi connectivity index (χ2n) is 6.77. The third-order valence-corrected chi connectivity index (χ3v) is 4.99. The minimum atomic E-state index is -0.0678. The zero-order chi connectivity index (χ0) is 20.1. The van der Waals surface area contributed by atoms with E-state index in [0.717, 1.165) is 18.4 Å². The molecule has 1 aromatic carbocycles. The average molecular weight is 413 g/mol. The van der Waals surface area contributed by atoms with E-state index in [0.29, 0.717) is 36.4 Å². The van der Waals surface area contributed by atoms with Crippen LogP contribution in [0.4, 0.5) is 4.79 Å². The molecule has 1 fully saturated rings. The topological polar surface area (TPSA) is 85.2 Å². The fourth-order valence-corrected chi connectivity index (χ4v) is 3.27. The highest BCUT2D eigenvalue weighted by Crippen LogP contribution is 2.18. The van der Waals surface area contributed by atoms with Crippen molar-refractivity contribution in [1.82, 2.24) is 30.2 Å². The van der Waals surface area contributed by atoms with Crippen molar-refractivity contribution in [3.8, 4) is 11.7 Å². The Balaban J connectivity index is 1.22. The summed E-state index contributed by atoms with van der Waals surface area (Å²) in [4.78, 5) is 14.2. The van der Waals surface area contributed by atoms with Crippen molar-refractivity contribution in [1.29, 1.82) is 0 Å². The molecule has 2 amide bonds. The monoisotopic (exact) mass is 412 g/mol. The summed E-state index contributed by atoms with van der Waals surface area (Å²) < 4.78 is 7.56. The number of carbonyl (C=O) groups excluding carboxylic acids is 1. The van der Waals surface area contributed by atoms with Gasteiger partial charge in [0.05, 0.1) is 0 Å². The van der Waals surface area contributed by atoms with Gasteiger partial charge in [0.25, 0.3) is 0 Å². The van der Waals surface area contributed by atoms with Crippen LogP contribution in [0, 0.1) is 0 Å². The highest BCUT2D eigenvalue weighted by atomic mass is 35.5. The van der Waals surface area contributed by atoms with Gasteiger partial charge in [0.2, 0.25) is 5.88 Å². The van der Waals surface area contributed by atoms with Gasteiger partial charge >= 0.3 is 6.03 Å². The van der Waals surface area contributed by atoms with Gasteiger partial charge in [-0.05, 0) is 29.8 Å². The van der Waals surface area contributed by atoms with Gasteiger partial charge < -0.3 is 15.0 Å². The number of benzene rings is 1. The number of halogens is 1. The fraction of sp³-hybridized carbons (Fsp3) is 0.300. The van der Waals surface area contributed by atoms with Gasteiger partial charge in [0.15, 0.2) is 5.82 Å². The maximum absolute atomic E-state index is 12.4. The first-order chi connectivity index (χ1) is 14.2. The van der Waals surface area contributed by atoms with Crippen LogP contribution in [0.2, 0.25) is 5.02 Å². The highest BCUT2D eigenvalue weighted by Gasteiger charge is 2.24. The number of aromatic nitrogens is 4. The van der Waals surface area contributed by atoms with E-state index in [1.807, 2.05) is 41.3 Å². The lowest BCUT2D eigenvalue weighted by Gasteiger charge is -2.31. The van der Waals surface area contributed by atoms with Crippen LogP contribution in [0.5, 0.6) is 5.88 Å². The summed E-state index contributed by atoms with van der Waals surface area (Å²) in [5.41, 5.74) is 1.01. The van der Waals surface area contributed by atoms with E-state index in [4.69, 9.17) is 16.3 Å². The van der Waals surface area contributed by atoms with Crippen molar-refractivity contribution in [2.24, 2.45) is 0 Å². The number of piperidine rings is 1. The van der Waals surface area contributed by atoms with Crippen LogP contribution in [0.1, 0.15) is 18.4 Å². The predicted octanol–water partition coefficient (Wildman–Crippen LogP) is 3.07. The van der Waals surface area contributed by atoms with Gasteiger partial charge in [0, 0.05) is 56.0 Å². The standard InChI is InChI=1S/C20H21ClN6O2/c21-16-4-2-15(3-5-16)14-22-20(28)26-12-8-17(9-13-26)29-19-7-6-18(24-25-19)27-11-1-10-23-27/h1-7,10-11,17H,8-9,12-14H2,(H,22,28). The van der Waals surface area contributed by atoms with Crippen molar-refractivity contribution in [3.63, 3.8) is 0 Å². The molecule has 0 radical (unpaired) electrons. The van der Waals surface area contributed by atoms with Crippen LogP contribution in [0.3, 0.4) is 0 Å². The summed E-state index contributed by atoms with van der Waals surface area (Å²) in [5, 5.41) is 16.0. The van der Waals surface area contributed by atoms with Crippen molar-refractivity contribution < 1.29 is 9.53 Å². The largest absolute Gasteiger partial charge is 0.473 e. The number of amides is 2. The second-order valence-corrected chi connectivity index (χ2v) is 7.21. The lowest BCUT2D eigenvalue weighted by molar-refractivity contribution is 0.106. The Labute approximate surface area is 173 Å². The molecule has 3 heterocycles. The molecule has 9 heteroatoms. The van der Waals surface area contributed by atoms with Gasteiger partial charge in [-0.3, -0.25) is 0 Å². The molecule has 0 atom stereocenters. The Morgan fingerprint density at radius 3 is 2.59 bits per heavy atom. The Hall–Kier alpha value is -3.13. The maximum atomic E-state index is 12.4. The second kappa shape index (κ2) is 8.91. The molecule has 0 saturated carbocycles. The number of carbonyl (C=O) groups is 1. The third-order valence-electron chi connectivity index (χ3n) is 4.74. The van der Waals surface area contributed by atoms with E-state index < -0.39 is 0 Å². The Kier molecular flexibility index (Phi) is 5.90. The molecule has 1 aliphatic rings. The van der Waals surface area contributed by atoms with Crippen LogP contribution in [0.25, 0.3) is 5.82 Å². The predicted molar refractivity (Wildman–Crippen MR) is 108 cm³/mol. The van der Waals surface area contributed by atoms with Crippen molar-refractivity contribution in [2.75, 3.05) is 13.1 Å². The van der Waals surface area contributed by atoms with E-state index >= 15 is 0 Å². The zero-order valence-corrected chi connectivity index (χ0v) is 16.5. The summed E-state index contributed by atoms with van der Waals surface area (Å²) in [6.07, 6.45) is 5.00. The first-order valence-electron chi connectivity index (χ1n) is 9.45. The van der Waals surface area contributed by atoms with Gasteiger partial charge in [-0.25, -0.2) is 9.48 Å². The molecule has 1 saturated heterocycles. The van der Waals surface area contributed by atoms with Crippen LogP contribution in [0.15, 0.2) is 54.9 Å². The first kappa shape index (κ1) is 19.2. The van der Waals surface area contributed by atoms with Crippen molar-refractivity contribution >= 4 is 17.6 Å². The van der Waals surface area contributed by atoms with Crippen molar-refractivity contribution in [2.45, 2.75) is 25.5 Å². The van der Waals surface area contributed by atoms with Gasteiger partial charge in [-0.15, -0.1) is 10.2 Å². The number of hydrogen-bond donors (Lipinski definition) is 1. The average Bonchev–Trinajstić information content (AvgIpc) is 3.29. The number of rotatable bonds is 5. The SMILES string of the molecule is O=C(NCc1ccc(Cl)cc1)N1CCC(Oc2ccc(-n3cccn3)nn2)CC1. The number of likely N-dealkylation sites (tertiary alicyclic amines) is 1. The zero-order valence-electron chi connectivity index (χ0n) is 15.7. The molecule has 29 heavy (non-hydrogen) atoms. The lowest BCUT2D eigenvalue weighted by Crippen LogP contribution is -2.46. The minimum Gasteiger partial charge on any atom is -0.473 e. The van der Waals surface area contributed by atoms with Gasteiger partial charge in [-0.2, -0.15) is 5.10 Å². The minimum absolute atomic E-state index is 0.0140. The molecule has 1 N–H and O–H groups in total.